The molecule has 7 nitrogen and oxygen atoms in total. The smallest absolute Gasteiger partial charge is 0.339 e. The molecule has 172 valence electrons. The summed E-state index contributed by atoms with van der Waals surface area (Å²) in [6.07, 6.45) is 0. The molecular weight excluding hydrogens is 487 g/mol. The van der Waals surface area contributed by atoms with Crippen LogP contribution in [0.25, 0.3) is 0 Å². The lowest BCUT2D eigenvalue weighted by atomic mass is 10.1. The number of hydrogen-bond acceptors (Lipinski definition) is 5. The van der Waals surface area contributed by atoms with E-state index in [0.29, 0.717) is 22.0 Å². The number of rotatable bonds is 7. The van der Waals surface area contributed by atoms with Gasteiger partial charge in [-0.2, -0.15) is 0 Å². The van der Waals surface area contributed by atoms with Crippen LogP contribution in [0.15, 0.2) is 71.6 Å². The molecule has 0 bridgehead atoms. The Morgan fingerprint density at radius 2 is 1.61 bits per heavy atom. The summed E-state index contributed by atoms with van der Waals surface area (Å²) in [7, 11) is -2.37. The number of esters is 1. The molecule has 1 N–H and O–H groups in total. The molecule has 10 heteroatoms. The quantitative estimate of drug-likeness (QED) is 0.441. The number of benzene rings is 3. The monoisotopic (exact) mass is 506 g/mol. The molecule has 3 aromatic carbocycles. The molecule has 0 spiro atoms. The van der Waals surface area contributed by atoms with Gasteiger partial charge >= 0.3 is 5.97 Å². The molecule has 0 fully saturated rings. The van der Waals surface area contributed by atoms with E-state index in [4.69, 9.17) is 27.9 Å². The number of nitrogens with one attached hydrogen (secondary N) is 1. The van der Waals surface area contributed by atoms with Crippen LogP contribution in [0.4, 0.5) is 11.4 Å². The van der Waals surface area contributed by atoms with Crippen molar-refractivity contribution >= 4 is 56.5 Å². The van der Waals surface area contributed by atoms with Crippen LogP contribution in [0.2, 0.25) is 10.0 Å². The Balaban J connectivity index is 1.73. The Morgan fingerprint density at radius 3 is 2.18 bits per heavy atom. The highest BCUT2D eigenvalue weighted by Gasteiger charge is 2.21. The molecule has 0 aromatic heterocycles. The van der Waals surface area contributed by atoms with Gasteiger partial charge in [-0.3, -0.25) is 9.10 Å². The van der Waals surface area contributed by atoms with Crippen molar-refractivity contribution < 1.29 is 22.7 Å². The molecule has 3 aromatic rings. The standard InChI is InChI=1S/C23H20Cl2N2O5S/c1-3-32-23(29)20-13-8-17(14-21(20)25)26-22(28)15-4-9-18(10-5-15)27(2)33(30,31)19-11-6-16(24)7-12-19/h4-14H,3H2,1-2H3,(H,26,28). The molecule has 1 amide bonds. The number of anilines is 2. The third-order valence-corrected chi connectivity index (χ3v) is 7.05. The summed E-state index contributed by atoms with van der Waals surface area (Å²) in [5.41, 5.74) is 1.28. The molecule has 0 heterocycles. The van der Waals surface area contributed by atoms with Gasteiger partial charge in [-0.25, -0.2) is 13.2 Å². The van der Waals surface area contributed by atoms with Gasteiger partial charge in [0.25, 0.3) is 15.9 Å². The van der Waals surface area contributed by atoms with Gasteiger partial charge in [-0.15, -0.1) is 0 Å². The van der Waals surface area contributed by atoms with E-state index in [0.717, 1.165) is 4.31 Å². The fourth-order valence-electron chi connectivity index (χ4n) is 2.90. The average molecular weight is 507 g/mol. The zero-order chi connectivity index (χ0) is 24.2. The third-order valence-electron chi connectivity index (χ3n) is 4.69. The second-order valence-electron chi connectivity index (χ2n) is 6.84. The van der Waals surface area contributed by atoms with Crippen LogP contribution < -0.4 is 9.62 Å². The zero-order valence-corrected chi connectivity index (χ0v) is 20.0. The number of ether oxygens (including phenoxy) is 1. The van der Waals surface area contributed by atoms with E-state index in [1.165, 1.54) is 73.8 Å². The van der Waals surface area contributed by atoms with Crippen LogP contribution in [0.3, 0.4) is 0 Å². The summed E-state index contributed by atoms with van der Waals surface area (Å²) in [4.78, 5) is 24.5. The Labute approximate surface area is 201 Å². The highest BCUT2D eigenvalue weighted by molar-refractivity contribution is 7.92. The van der Waals surface area contributed by atoms with Crippen molar-refractivity contribution in [3.8, 4) is 0 Å². The summed E-state index contributed by atoms with van der Waals surface area (Å²) in [5, 5.41) is 3.27. The SMILES string of the molecule is CCOC(=O)c1ccc(NC(=O)c2ccc(N(C)S(=O)(=O)c3ccc(Cl)cc3)cc2)cc1Cl. The van der Waals surface area contributed by atoms with E-state index in [1.54, 1.807) is 6.92 Å². The maximum atomic E-state index is 12.8. The number of nitrogens with zero attached hydrogens (tertiary/aromatic N) is 1. The van der Waals surface area contributed by atoms with Crippen LogP contribution in [0.1, 0.15) is 27.6 Å². The predicted molar refractivity (Wildman–Crippen MR) is 129 cm³/mol. The van der Waals surface area contributed by atoms with Crippen molar-refractivity contribution in [1.82, 2.24) is 0 Å². The third kappa shape index (κ3) is 5.65. The number of halogens is 2. The van der Waals surface area contributed by atoms with Crippen molar-refractivity contribution in [3.05, 3.63) is 87.9 Å². The second-order valence-corrected chi connectivity index (χ2v) is 9.66. The summed E-state index contributed by atoms with van der Waals surface area (Å²) in [6, 6.07) is 16.4. The van der Waals surface area contributed by atoms with Crippen molar-refractivity contribution in [3.63, 3.8) is 0 Å². The largest absolute Gasteiger partial charge is 0.462 e. The van der Waals surface area contributed by atoms with E-state index in [2.05, 4.69) is 5.32 Å². The van der Waals surface area contributed by atoms with Crippen LogP contribution in [0.5, 0.6) is 0 Å². The van der Waals surface area contributed by atoms with Gasteiger partial charge in [-0.1, -0.05) is 23.2 Å². The van der Waals surface area contributed by atoms with Gasteiger partial charge in [0.1, 0.15) is 0 Å². The van der Waals surface area contributed by atoms with Crippen LogP contribution >= 0.6 is 23.2 Å². The van der Waals surface area contributed by atoms with Crippen molar-refractivity contribution in [2.45, 2.75) is 11.8 Å². The first kappa shape index (κ1) is 24.6. The Morgan fingerprint density at radius 1 is 0.970 bits per heavy atom. The molecule has 0 aliphatic heterocycles. The average Bonchev–Trinajstić information content (AvgIpc) is 2.79. The summed E-state index contributed by atoms with van der Waals surface area (Å²) in [5.74, 6) is -0.974. The topological polar surface area (TPSA) is 92.8 Å². The number of sulfonamides is 1. The lowest BCUT2D eigenvalue weighted by Gasteiger charge is -2.20. The predicted octanol–water partition coefficient (Wildman–Crippen LogP) is 5.25. The lowest BCUT2D eigenvalue weighted by Crippen LogP contribution is -2.26. The Kier molecular flexibility index (Phi) is 7.63. The van der Waals surface area contributed by atoms with Crippen molar-refractivity contribution in [1.29, 1.82) is 0 Å². The zero-order valence-electron chi connectivity index (χ0n) is 17.7. The fraction of sp³-hybridized carbons (Fsp3) is 0.130. The van der Waals surface area contributed by atoms with E-state index >= 15 is 0 Å². The minimum Gasteiger partial charge on any atom is -0.462 e. The van der Waals surface area contributed by atoms with Gasteiger partial charge < -0.3 is 10.1 Å². The van der Waals surface area contributed by atoms with Crippen LogP contribution in [0, 0.1) is 0 Å². The van der Waals surface area contributed by atoms with Gasteiger partial charge in [-0.05, 0) is 73.7 Å². The molecule has 0 atom stereocenters. The van der Waals surface area contributed by atoms with E-state index < -0.39 is 21.9 Å². The molecule has 0 aliphatic carbocycles. The first-order valence-electron chi connectivity index (χ1n) is 9.76. The molecule has 0 saturated heterocycles. The summed E-state index contributed by atoms with van der Waals surface area (Å²) < 4.78 is 31.7. The number of hydrogen-bond donors (Lipinski definition) is 1. The molecule has 0 aliphatic rings. The highest BCUT2D eigenvalue weighted by Crippen LogP contribution is 2.25. The number of amides is 1. The van der Waals surface area contributed by atoms with E-state index in [9.17, 15) is 18.0 Å². The summed E-state index contributed by atoms with van der Waals surface area (Å²) >= 11 is 12.0. The molecule has 33 heavy (non-hydrogen) atoms. The maximum Gasteiger partial charge on any atom is 0.339 e. The number of carbonyl (C=O) groups excluding carboxylic acids is 2. The first-order chi connectivity index (χ1) is 15.6. The molecule has 0 unspecified atom stereocenters. The van der Waals surface area contributed by atoms with Gasteiger partial charge in [0, 0.05) is 23.3 Å². The van der Waals surface area contributed by atoms with Crippen LogP contribution in [-0.4, -0.2) is 33.9 Å². The first-order valence-corrected chi connectivity index (χ1v) is 12.0. The fourth-order valence-corrected chi connectivity index (χ4v) is 4.48. The van der Waals surface area contributed by atoms with Gasteiger partial charge in [0.05, 0.1) is 27.8 Å². The van der Waals surface area contributed by atoms with Crippen molar-refractivity contribution in [2.24, 2.45) is 0 Å². The van der Waals surface area contributed by atoms with Gasteiger partial charge in [0.15, 0.2) is 0 Å². The van der Waals surface area contributed by atoms with E-state index in [-0.39, 0.29) is 22.1 Å². The minimum absolute atomic E-state index is 0.0966. The maximum absolute atomic E-state index is 12.8. The second kappa shape index (κ2) is 10.2. The normalized spacial score (nSPS) is 11.0. The van der Waals surface area contributed by atoms with Crippen molar-refractivity contribution in [2.75, 3.05) is 23.3 Å². The Bertz CT molecular complexity index is 1280. The molecular formula is C23H20Cl2N2O5S. The Hall–Kier alpha value is -3.07. The highest BCUT2D eigenvalue weighted by atomic mass is 35.5. The molecule has 3 rings (SSSR count). The van der Waals surface area contributed by atoms with E-state index in [1.807, 2.05) is 0 Å². The summed E-state index contributed by atoms with van der Waals surface area (Å²) in [6.45, 7) is 1.91. The molecule has 0 saturated carbocycles. The van der Waals surface area contributed by atoms with Crippen LogP contribution in [-0.2, 0) is 14.8 Å². The molecule has 0 radical (unpaired) electrons. The van der Waals surface area contributed by atoms with Gasteiger partial charge in [0.2, 0.25) is 0 Å². The minimum atomic E-state index is -3.79. The lowest BCUT2D eigenvalue weighted by molar-refractivity contribution is 0.0526. The number of carbonyl (C=O) groups is 2.